The second-order valence-corrected chi connectivity index (χ2v) is 6.36. The van der Waals surface area contributed by atoms with Gasteiger partial charge in [0.05, 0.1) is 31.2 Å². The summed E-state index contributed by atoms with van der Waals surface area (Å²) in [5.41, 5.74) is 0. The van der Waals surface area contributed by atoms with Crippen molar-refractivity contribution in [3.63, 3.8) is 0 Å². The molecule has 0 aromatic heterocycles. The molecule has 2 aliphatic heterocycles. The molecule has 0 aromatic rings. The molecule has 3 atom stereocenters. The van der Waals surface area contributed by atoms with E-state index in [2.05, 4.69) is 0 Å². The Labute approximate surface area is 81.6 Å². The maximum atomic E-state index is 10.8. The normalized spacial score (nSPS) is 39.3. The van der Waals surface area contributed by atoms with Crippen molar-refractivity contribution in [1.29, 1.82) is 0 Å². The van der Waals surface area contributed by atoms with Gasteiger partial charge in [-0.3, -0.25) is 0 Å². The largest absolute Gasteiger partial charge is 0.378 e. The average molecular weight is 227 g/mol. The molecule has 0 radical (unpaired) electrons. The number of hydrogen-bond donors (Lipinski definition) is 0. The van der Waals surface area contributed by atoms with Crippen LogP contribution in [0, 0.1) is 5.92 Å². The maximum absolute atomic E-state index is 10.8. The summed E-state index contributed by atoms with van der Waals surface area (Å²) in [7, 11) is 1.70. The standard InChI is InChI=1S/C7H11ClO4S/c8-13(9,10)4-6-1-5-2-11-3-7(5)12-6/h5-7H,1-4H2/t5-,6-,7-/m1/s1. The summed E-state index contributed by atoms with van der Waals surface area (Å²) in [6, 6.07) is 0. The van der Waals surface area contributed by atoms with Gasteiger partial charge < -0.3 is 9.47 Å². The Bertz CT molecular complexity index is 277. The summed E-state index contributed by atoms with van der Waals surface area (Å²) < 4.78 is 32.2. The van der Waals surface area contributed by atoms with Gasteiger partial charge in [-0.2, -0.15) is 0 Å². The van der Waals surface area contributed by atoms with Crippen molar-refractivity contribution in [1.82, 2.24) is 0 Å². The summed E-state index contributed by atoms with van der Waals surface area (Å²) in [6.07, 6.45) is 0.598. The van der Waals surface area contributed by atoms with E-state index in [-0.39, 0.29) is 18.0 Å². The van der Waals surface area contributed by atoms with Gasteiger partial charge in [-0.25, -0.2) is 8.42 Å². The van der Waals surface area contributed by atoms with Crippen molar-refractivity contribution in [3.8, 4) is 0 Å². The van der Waals surface area contributed by atoms with E-state index < -0.39 is 9.05 Å². The lowest BCUT2D eigenvalue weighted by molar-refractivity contribution is 0.0301. The highest BCUT2D eigenvalue weighted by Gasteiger charge is 2.40. The summed E-state index contributed by atoms with van der Waals surface area (Å²) in [4.78, 5) is 0. The fraction of sp³-hybridized carbons (Fsp3) is 1.00. The molecule has 0 bridgehead atoms. The first-order valence-corrected chi connectivity index (χ1v) is 6.68. The van der Waals surface area contributed by atoms with E-state index in [1.807, 2.05) is 0 Å². The highest BCUT2D eigenvalue weighted by atomic mass is 35.7. The SMILES string of the molecule is O=S(=O)(Cl)C[C@H]1C[C@@H]2COC[C@H]2O1. The zero-order chi connectivity index (χ0) is 9.47. The van der Waals surface area contributed by atoms with Gasteiger partial charge in [0.25, 0.3) is 0 Å². The molecule has 13 heavy (non-hydrogen) atoms. The fourth-order valence-electron chi connectivity index (χ4n) is 1.92. The highest BCUT2D eigenvalue weighted by Crippen LogP contribution is 2.32. The molecular formula is C7H11ClO4S. The Kier molecular flexibility index (Phi) is 2.53. The van der Waals surface area contributed by atoms with Gasteiger partial charge in [-0.15, -0.1) is 0 Å². The predicted molar refractivity (Wildman–Crippen MR) is 47.2 cm³/mol. The monoisotopic (exact) mass is 226 g/mol. The van der Waals surface area contributed by atoms with Crippen LogP contribution in [0.2, 0.25) is 0 Å². The lowest BCUT2D eigenvalue weighted by Gasteiger charge is -2.09. The van der Waals surface area contributed by atoms with Crippen molar-refractivity contribution in [2.24, 2.45) is 5.92 Å². The van der Waals surface area contributed by atoms with E-state index in [1.165, 1.54) is 0 Å². The average Bonchev–Trinajstić information content (AvgIpc) is 2.40. The van der Waals surface area contributed by atoms with Crippen molar-refractivity contribution in [2.75, 3.05) is 19.0 Å². The van der Waals surface area contributed by atoms with Crippen LogP contribution in [0.4, 0.5) is 0 Å². The maximum Gasteiger partial charge on any atom is 0.235 e. The van der Waals surface area contributed by atoms with Gasteiger partial charge in [0, 0.05) is 16.6 Å². The quantitative estimate of drug-likeness (QED) is 0.638. The van der Waals surface area contributed by atoms with Crippen molar-refractivity contribution >= 4 is 19.7 Å². The van der Waals surface area contributed by atoms with Crippen LogP contribution in [-0.2, 0) is 18.5 Å². The molecule has 4 nitrogen and oxygen atoms in total. The summed E-state index contributed by atoms with van der Waals surface area (Å²) in [5, 5.41) is 0. The van der Waals surface area contributed by atoms with E-state index in [0.717, 1.165) is 6.42 Å². The third-order valence-electron chi connectivity index (χ3n) is 2.46. The Morgan fingerprint density at radius 3 is 2.77 bits per heavy atom. The van der Waals surface area contributed by atoms with Crippen LogP contribution >= 0.6 is 10.7 Å². The Balaban J connectivity index is 1.92. The molecule has 2 rings (SSSR count). The lowest BCUT2D eigenvalue weighted by atomic mass is 10.0. The van der Waals surface area contributed by atoms with Crippen LogP contribution in [0.3, 0.4) is 0 Å². The minimum atomic E-state index is -3.43. The third-order valence-corrected chi connectivity index (χ3v) is 3.61. The number of hydrogen-bond acceptors (Lipinski definition) is 4. The van der Waals surface area contributed by atoms with Gasteiger partial charge >= 0.3 is 0 Å². The van der Waals surface area contributed by atoms with E-state index in [4.69, 9.17) is 20.2 Å². The molecule has 0 aromatic carbocycles. The van der Waals surface area contributed by atoms with E-state index in [1.54, 1.807) is 0 Å². The van der Waals surface area contributed by atoms with Crippen molar-refractivity contribution in [2.45, 2.75) is 18.6 Å². The van der Waals surface area contributed by atoms with Crippen LogP contribution in [0.25, 0.3) is 0 Å². The first-order valence-electron chi connectivity index (χ1n) is 4.20. The minimum Gasteiger partial charge on any atom is -0.378 e. The second kappa shape index (κ2) is 3.38. The molecule has 0 unspecified atom stereocenters. The molecule has 76 valence electrons. The Morgan fingerprint density at radius 1 is 1.38 bits per heavy atom. The van der Waals surface area contributed by atoms with Gasteiger partial charge in [0.1, 0.15) is 0 Å². The zero-order valence-corrected chi connectivity index (χ0v) is 8.55. The molecule has 2 heterocycles. The number of rotatable bonds is 2. The molecule has 2 fully saturated rings. The lowest BCUT2D eigenvalue weighted by Crippen LogP contribution is -2.20. The van der Waals surface area contributed by atoms with E-state index >= 15 is 0 Å². The molecule has 0 aliphatic carbocycles. The first kappa shape index (κ1) is 9.71. The summed E-state index contributed by atoms with van der Waals surface area (Å²) in [6.45, 7) is 1.27. The van der Waals surface area contributed by atoms with Gasteiger partial charge in [0.2, 0.25) is 9.05 Å². The highest BCUT2D eigenvalue weighted by molar-refractivity contribution is 8.13. The molecule has 0 spiro atoms. The smallest absolute Gasteiger partial charge is 0.235 e. The van der Waals surface area contributed by atoms with Gasteiger partial charge in [0.15, 0.2) is 0 Å². The molecule has 2 saturated heterocycles. The predicted octanol–water partition coefficient (Wildman–Crippen LogP) is 0.359. The van der Waals surface area contributed by atoms with Crippen LogP contribution in [0.5, 0.6) is 0 Å². The summed E-state index contributed by atoms with van der Waals surface area (Å²) >= 11 is 0. The van der Waals surface area contributed by atoms with Crippen LogP contribution in [0.1, 0.15) is 6.42 Å². The fourth-order valence-corrected chi connectivity index (χ4v) is 3.00. The molecular weight excluding hydrogens is 216 g/mol. The summed E-state index contributed by atoms with van der Waals surface area (Å²) in [5.74, 6) is 0.282. The van der Waals surface area contributed by atoms with Crippen LogP contribution in [-0.4, -0.2) is 39.6 Å². The van der Waals surface area contributed by atoms with Gasteiger partial charge in [-0.05, 0) is 6.42 Å². The van der Waals surface area contributed by atoms with E-state index in [0.29, 0.717) is 19.1 Å². The molecule has 0 N–H and O–H groups in total. The third kappa shape index (κ3) is 2.34. The van der Waals surface area contributed by atoms with Crippen LogP contribution < -0.4 is 0 Å². The molecule has 0 amide bonds. The zero-order valence-electron chi connectivity index (χ0n) is 6.98. The van der Waals surface area contributed by atoms with Crippen LogP contribution in [0.15, 0.2) is 0 Å². The van der Waals surface area contributed by atoms with Crippen molar-refractivity contribution < 1.29 is 17.9 Å². The number of halogens is 1. The topological polar surface area (TPSA) is 52.6 Å². The number of fused-ring (bicyclic) bond motifs is 1. The minimum absolute atomic E-state index is 0.0818. The Morgan fingerprint density at radius 2 is 2.15 bits per heavy atom. The molecule has 2 aliphatic rings. The van der Waals surface area contributed by atoms with Gasteiger partial charge in [-0.1, -0.05) is 0 Å². The molecule has 6 heteroatoms. The second-order valence-electron chi connectivity index (χ2n) is 3.54. The van der Waals surface area contributed by atoms with E-state index in [9.17, 15) is 8.42 Å². The first-order chi connectivity index (χ1) is 6.04. The number of ether oxygens (including phenoxy) is 2. The van der Waals surface area contributed by atoms with Crippen molar-refractivity contribution in [3.05, 3.63) is 0 Å². The molecule has 0 saturated carbocycles. The Hall–Kier alpha value is 0.160.